The molecule has 92 valence electrons. The van der Waals surface area contributed by atoms with Crippen LogP contribution in [0, 0.1) is 11.6 Å². The number of benzene rings is 1. The lowest BCUT2D eigenvalue weighted by molar-refractivity contribution is 0.274. The van der Waals surface area contributed by atoms with Crippen LogP contribution in [-0.2, 0) is 6.42 Å². The van der Waals surface area contributed by atoms with Crippen molar-refractivity contribution in [2.45, 2.75) is 31.7 Å². The average Bonchev–Trinajstić information content (AvgIpc) is 2.83. The van der Waals surface area contributed by atoms with E-state index in [-0.39, 0.29) is 6.04 Å². The van der Waals surface area contributed by atoms with Gasteiger partial charge in [0.05, 0.1) is 6.61 Å². The second-order valence-corrected chi connectivity index (χ2v) is 4.66. The van der Waals surface area contributed by atoms with Crippen molar-refractivity contribution in [1.82, 2.24) is 5.32 Å². The summed E-state index contributed by atoms with van der Waals surface area (Å²) in [7, 11) is 0. The van der Waals surface area contributed by atoms with Gasteiger partial charge in [-0.05, 0) is 32.2 Å². The van der Waals surface area contributed by atoms with Crippen molar-refractivity contribution in [2.24, 2.45) is 0 Å². The first-order valence-electron chi connectivity index (χ1n) is 6.14. The standard InChI is InChI=1S/C13H15F2NO/c14-9-7-10(15)12(11-4-1-5-16-11)13-8(9)3-2-6-17-13/h7,11,16H,1-6H2/t11-/m1/s1. The Morgan fingerprint density at radius 1 is 1.24 bits per heavy atom. The molecule has 2 heterocycles. The molecule has 1 fully saturated rings. The summed E-state index contributed by atoms with van der Waals surface area (Å²) in [6.45, 7) is 1.44. The van der Waals surface area contributed by atoms with E-state index in [0.29, 0.717) is 29.9 Å². The minimum atomic E-state index is -0.484. The summed E-state index contributed by atoms with van der Waals surface area (Å²) in [5.74, 6) is -0.505. The lowest BCUT2D eigenvalue weighted by Gasteiger charge is -2.24. The molecule has 2 aliphatic heterocycles. The smallest absolute Gasteiger partial charge is 0.134 e. The Labute approximate surface area is 99.0 Å². The average molecular weight is 239 g/mol. The van der Waals surface area contributed by atoms with Crippen LogP contribution in [0.3, 0.4) is 0 Å². The molecule has 2 aliphatic rings. The highest BCUT2D eigenvalue weighted by Crippen LogP contribution is 2.39. The molecule has 0 unspecified atom stereocenters. The number of ether oxygens (including phenoxy) is 1. The Bertz CT molecular complexity index is 442. The van der Waals surface area contributed by atoms with Gasteiger partial charge >= 0.3 is 0 Å². The van der Waals surface area contributed by atoms with Gasteiger partial charge in [-0.2, -0.15) is 0 Å². The van der Waals surface area contributed by atoms with Crippen LogP contribution < -0.4 is 10.1 Å². The molecule has 3 rings (SSSR count). The van der Waals surface area contributed by atoms with Gasteiger partial charge in [0.25, 0.3) is 0 Å². The predicted molar refractivity (Wildman–Crippen MR) is 60.2 cm³/mol. The minimum Gasteiger partial charge on any atom is -0.493 e. The van der Waals surface area contributed by atoms with Crippen molar-refractivity contribution in [1.29, 1.82) is 0 Å². The van der Waals surface area contributed by atoms with E-state index in [2.05, 4.69) is 5.32 Å². The number of rotatable bonds is 1. The van der Waals surface area contributed by atoms with Crippen LogP contribution in [0.1, 0.15) is 36.4 Å². The molecule has 1 N–H and O–H groups in total. The van der Waals surface area contributed by atoms with E-state index >= 15 is 0 Å². The molecular weight excluding hydrogens is 224 g/mol. The third kappa shape index (κ3) is 1.80. The molecule has 0 spiro atoms. The van der Waals surface area contributed by atoms with E-state index in [9.17, 15) is 8.78 Å². The van der Waals surface area contributed by atoms with E-state index in [0.717, 1.165) is 31.9 Å². The highest BCUT2D eigenvalue weighted by molar-refractivity contribution is 5.46. The Morgan fingerprint density at radius 3 is 2.88 bits per heavy atom. The molecule has 1 aromatic carbocycles. The Morgan fingerprint density at radius 2 is 2.12 bits per heavy atom. The van der Waals surface area contributed by atoms with Crippen LogP contribution in [0.4, 0.5) is 8.78 Å². The van der Waals surface area contributed by atoms with Gasteiger partial charge in [-0.25, -0.2) is 8.78 Å². The summed E-state index contributed by atoms with van der Waals surface area (Å²) in [5, 5.41) is 3.24. The largest absolute Gasteiger partial charge is 0.493 e. The van der Waals surface area contributed by atoms with Crippen LogP contribution in [0.5, 0.6) is 5.75 Å². The normalized spacial score (nSPS) is 23.3. The molecule has 0 bridgehead atoms. The highest BCUT2D eigenvalue weighted by Gasteiger charge is 2.29. The third-order valence-electron chi connectivity index (χ3n) is 3.54. The van der Waals surface area contributed by atoms with Crippen molar-refractivity contribution < 1.29 is 13.5 Å². The number of fused-ring (bicyclic) bond motifs is 1. The summed E-state index contributed by atoms with van der Waals surface area (Å²) in [4.78, 5) is 0. The second-order valence-electron chi connectivity index (χ2n) is 4.66. The number of halogens is 2. The molecule has 2 nitrogen and oxygen atoms in total. The Hall–Kier alpha value is -1.16. The quantitative estimate of drug-likeness (QED) is 0.813. The molecular formula is C13H15F2NO. The number of nitrogens with one attached hydrogen (secondary N) is 1. The van der Waals surface area contributed by atoms with Gasteiger partial charge in [0.15, 0.2) is 0 Å². The van der Waals surface area contributed by atoms with Gasteiger partial charge in [-0.15, -0.1) is 0 Å². The van der Waals surface area contributed by atoms with Crippen molar-refractivity contribution in [3.63, 3.8) is 0 Å². The van der Waals surface area contributed by atoms with E-state index in [4.69, 9.17) is 4.74 Å². The van der Waals surface area contributed by atoms with Crippen LogP contribution in [-0.4, -0.2) is 13.2 Å². The molecule has 17 heavy (non-hydrogen) atoms. The fraction of sp³-hybridized carbons (Fsp3) is 0.538. The Balaban J connectivity index is 2.12. The zero-order chi connectivity index (χ0) is 11.8. The summed E-state index contributed by atoms with van der Waals surface area (Å²) in [6, 6.07) is 0.977. The van der Waals surface area contributed by atoms with E-state index in [1.807, 2.05) is 0 Å². The van der Waals surface area contributed by atoms with Crippen LogP contribution in [0.25, 0.3) is 0 Å². The molecule has 1 atom stereocenters. The van der Waals surface area contributed by atoms with Gasteiger partial charge in [0.1, 0.15) is 17.4 Å². The van der Waals surface area contributed by atoms with Gasteiger partial charge in [0.2, 0.25) is 0 Å². The minimum absolute atomic E-state index is 0.0255. The zero-order valence-corrected chi connectivity index (χ0v) is 9.56. The first-order chi connectivity index (χ1) is 8.27. The lowest BCUT2D eigenvalue weighted by atomic mass is 9.96. The molecule has 0 aromatic heterocycles. The van der Waals surface area contributed by atoms with E-state index in [1.165, 1.54) is 0 Å². The maximum Gasteiger partial charge on any atom is 0.134 e. The van der Waals surface area contributed by atoms with Gasteiger partial charge in [-0.3, -0.25) is 0 Å². The number of hydrogen-bond donors (Lipinski definition) is 1. The van der Waals surface area contributed by atoms with Gasteiger partial charge in [-0.1, -0.05) is 0 Å². The van der Waals surface area contributed by atoms with Gasteiger partial charge in [0, 0.05) is 23.2 Å². The fourth-order valence-electron chi connectivity index (χ4n) is 2.73. The first kappa shape index (κ1) is 11.0. The molecule has 1 aromatic rings. The molecule has 1 saturated heterocycles. The van der Waals surface area contributed by atoms with Crippen molar-refractivity contribution >= 4 is 0 Å². The zero-order valence-electron chi connectivity index (χ0n) is 9.56. The molecule has 0 aliphatic carbocycles. The molecule has 4 heteroatoms. The molecule has 0 amide bonds. The maximum atomic E-state index is 13.9. The maximum absolute atomic E-state index is 13.9. The Kier molecular flexibility index (Phi) is 2.74. The summed E-state index contributed by atoms with van der Waals surface area (Å²) >= 11 is 0. The van der Waals surface area contributed by atoms with E-state index < -0.39 is 11.6 Å². The highest BCUT2D eigenvalue weighted by atomic mass is 19.1. The fourth-order valence-corrected chi connectivity index (χ4v) is 2.73. The predicted octanol–water partition coefficient (Wildman–Crippen LogP) is 2.71. The summed E-state index contributed by atoms with van der Waals surface area (Å²) in [6.07, 6.45) is 3.35. The van der Waals surface area contributed by atoms with Crippen molar-refractivity contribution in [3.8, 4) is 5.75 Å². The molecule has 0 radical (unpaired) electrons. The number of hydrogen-bond acceptors (Lipinski definition) is 2. The first-order valence-corrected chi connectivity index (χ1v) is 6.14. The van der Waals surface area contributed by atoms with Crippen LogP contribution >= 0.6 is 0 Å². The van der Waals surface area contributed by atoms with Crippen molar-refractivity contribution in [2.75, 3.05) is 13.2 Å². The summed E-state index contributed by atoms with van der Waals surface area (Å²) < 4.78 is 33.1. The monoisotopic (exact) mass is 239 g/mol. The van der Waals surface area contributed by atoms with E-state index in [1.54, 1.807) is 0 Å². The topological polar surface area (TPSA) is 21.3 Å². The van der Waals surface area contributed by atoms with Crippen molar-refractivity contribution in [3.05, 3.63) is 28.8 Å². The van der Waals surface area contributed by atoms with Crippen LogP contribution in [0.15, 0.2) is 6.07 Å². The summed E-state index contributed by atoms with van der Waals surface area (Å²) in [5.41, 5.74) is 1.07. The molecule has 0 saturated carbocycles. The lowest BCUT2D eigenvalue weighted by Crippen LogP contribution is -2.20. The second kappa shape index (κ2) is 4.26. The SMILES string of the molecule is Fc1cc(F)c([C@H]2CCCN2)c2c1CCCO2. The third-order valence-corrected chi connectivity index (χ3v) is 3.54. The van der Waals surface area contributed by atoms with Crippen LogP contribution in [0.2, 0.25) is 0 Å². The van der Waals surface area contributed by atoms with Gasteiger partial charge < -0.3 is 10.1 Å².